The third-order valence-electron chi connectivity index (χ3n) is 2.35. The van der Waals surface area contributed by atoms with E-state index in [1.165, 1.54) is 0 Å². The summed E-state index contributed by atoms with van der Waals surface area (Å²) < 4.78 is 0. The van der Waals surface area contributed by atoms with Crippen molar-refractivity contribution in [2.45, 2.75) is 20.0 Å². The topological polar surface area (TPSA) is 23.5 Å². The van der Waals surface area contributed by atoms with Crippen LogP contribution in [0.3, 0.4) is 0 Å². The first-order chi connectivity index (χ1) is 7.09. The zero-order valence-electron chi connectivity index (χ0n) is 9.85. The molecule has 0 radical (unpaired) electrons. The summed E-state index contributed by atoms with van der Waals surface area (Å²) in [4.78, 5) is 2.17. The van der Waals surface area contributed by atoms with Crippen LogP contribution in [0.5, 0.6) is 0 Å². The van der Waals surface area contributed by atoms with Crippen LogP contribution in [0.25, 0.3) is 0 Å². The number of aliphatic hydroxyl groups excluding tert-OH is 1. The van der Waals surface area contributed by atoms with Crippen molar-refractivity contribution in [2.75, 3.05) is 20.1 Å². The molecule has 0 aliphatic carbocycles. The molecule has 0 unspecified atom stereocenters. The predicted molar refractivity (Wildman–Crippen MR) is 63.7 cm³/mol. The highest BCUT2D eigenvalue weighted by molar-refractivity contribution is 5.17. The summed E-state index contributed by atoms with van der Waals surface area (Å²) in [6.07, 6.45) is -0.380. The molecule has 1 aromatic carbocycles. The van der Waals surface area contributed by atoms with Gasteiger partial charge in [-0.1, -0.05) is 44.2 Å². The summed E-state index contributed by atoms with van der Waals surface area (Å²) in [5.41, 5.74) is 0.994. The Bertz CT molecular complexity index is 271. The lowest BCUT2D eigenvalue weighted by Gasteiger charge is -2.22. The van der Waals surface area contributed by atoms with Gasteiger partial charge < -0.3 is 10.0 Å². The molecule has 2 nitrogen and oxygen atoms in total. The van der Waals surface area contributed by atoms with Gasteiger partial charge in [-0.3, -0.25) is 0 Å². The van der Waals surface area contributed by atoms with Crippen LogP contribution < -0.4 is 0 Å². The fourth-order valence-corrected chi connectivity index (χ4v) is 1.77. The van der Waals surface area contributed by atoms with Crippen molar-refractivity contribution < 1.29 is 5.11 Å². The van der Waals surface area contributed by atoms with Gasteiger partial charge in [0.05, 0.1) is 6.10 Å². The molecule has 0 aromatic heterocycles. The van der Waals surface area contributed by atoms with E-state index < -0.39 is 0 Å². The Balaban J connectivity index is 2.45. The van der Waals surface area contributed by atoms with E-state index >= 15 is 0 Å². The van der Waals surface area contributed by atoms with Crippen LogP contribution >= 0.6 is 0 Å². The molecular formula is C13H21NO. The first kappa shape index (κ1) is 12.2. The van der Waals surface area contributed by atoms with Crippen molar-refractivity contribution in [1.82, 2.24) is 4.90 Å². The molecule has 15 heavy (non-hydrogen) atoms. The molecule has 0 spiro atoms. The molecule has 2 heteroatoms. The molecule has 1 atom stereocenters. The average molecular weight is 207 g/mol. The summed E-state index contributed by atoms with van der Waals surface area (Å²) in [6.45, 7) is 6.09. The molecule has 0 fully saturated rings. The Hall–Kier alpha value is -0.860. The van der Waals surface area contributed by atoms with E-state index in [9.17, 15) is 5.11 Å². The van der Waals surface area contributed by atoms with E-state index in [-0.39, 0.29) is 6.10 Å². The van der Waals surface area contributed by atoms with E-state index in [1.807, 2.05) is 37.4 Å². The summed E-state index contributed by atoms with van der Waals surface area (Å²) in [7, 11) is 2.05. The lowest BCUT2D eigenvalue weighted by molar-refractivity contribution is 0.121. The van der Waals surface area contributed by atoms with Crippen LogP contribution in [-0.2, 0) is 0 Å². The Kier molecular flexibility index (Phi) is 4.79. The third kappa shape index (κ3) is 4.45. The van der Waals surface area contributed by atoms with Crippen molar-refractivity contribution in [3.05, 3.63) is 35.9 Å². The normalized spacial score (nSPS) is 13.5. The number of benzene rings is 1. The Morgan fingerprint density at radius 2 is 1.73 bits per heavy atom. The minimum absolute atomic E-state index is 0.380. The molecule has 0 aliphatic heterocycles. The van der Waals surface area contributed by atoms with Crippen LogP contribution in [0.15, 0.2) is 30.3 Å². The second-order valence-electron chi connectivity index (χ2n) is 4.54. The van der Waals surface area contributed by atoms with E-state index in [0.29, 0.717) is 12.5 Å². The van der Waals surface area contributed by atoms with Crippen molar-refractivity contribution in [3.63, 3.8) is 0 Å². The van der Waals surface area contributed by atoms with Gasteiger partial charge in [0.25, 0.3) is 0 Å². The maximum Gasteiger partial charge on any atom is 0.0916 e. The first-order valence-electron chi connectivity index (χ1n) is 5.51. The van der Waals surface area contributed by atoms with Crippen molar-refractivity contribution in [3.8, 4) is 0 Å². The number of hydrogen-bond acceptors (Lipinski definition) is 2. The van der Waals surface area contributed by atoms with Gasteiger partial charge in [0.15, 0.2) is 0 Å². The third-order valence-corrected chi connectivity index (χ3v) is 2.35. The van der Waals surface area contributed by atoms with Gasteiger partial charge in [0.2, 0.25) is 0 Å². The molecule has 0 aliphatic rings. The molecular weight excluding hydrogens is 186 g/mol. The zero-order valence-corrected chi connectivity index (χ0v) is 9.85. The van der Waals surface area contributed by atoms with Gasteiger partial charge in [-0.05, 0) is 18.5 Å². The number of hydrogen-bond donors (Lipinski definition) is 1. The van der Waals surface area contributed by atoms with Crippen LogP contribution in [0.2, 0.25) is 0 Å². The summed E-state index contributed by atoms with van der Waals surface area (Å²) >= 11 is 0. The standard InChI is InChI=1S/C13H21NO/c1-11(2)9-14(3)10-13(15)12-7-5-4-6-8-12/h4-8,11,13,15H,9-10H2,1-3H3/t13-/m1/s1. The van der Waals surface area contributed by atoms with Gasteiger partial charge in [-0.15, -0.1) is 0 Å². The van der Waals surface area contributed by atoms with Gasteiger partial charge in [0.1, 0.15) is 0 Å². The maximum atomic E-state index is 9.96. The minimum atomic E-state index is -0.380. The fourth-order valence-electron chi connectivity index (χ4n) is 1.77. The molecule has 1 rings (SSSR count). The van der Waals surface area contributed by atoms with Crippen molar-refractivity contribution in [2.24, 2.45) is 5.92 Å². The van der Waals surface area contributed by atoms with E-state index in [2.05, 4.69) is 18.7 Å². The number of aliphatic hydroxyl groups is 1. The first-order valence-corrected chi connectivity index (χ1v) is 5.51. The molecule has 0 saturated heterocycles. The number of rotatable bonds is 5. The van der Waals surface area contributed by atoms with Gasteiger partial charge >= 0.3 is 0 Å². The average Bonchev–Trinajstić information content (AvgIpc) is 2.17. The van der Waals surface area contributed by atoms with Gasteiger partial charge in [-0.2, -0.15) is 0 Å². The molecule has 0 heterocycles. The molecule has 0 saturated carbocycles. The smallest absolute Gasteiger partial charge is 0.0916 e. The highest BCUT2D eigenvalue weighted by Gasteiger charge is 2.10. The predicted octanol–water partition coefficient (Wildman–Crippen LogP) is 2.31. The minimum Gasteiger partial charge on any atom is -0.387 e. The van der Waals surface area contributed by atoms with Crippen LogP contribution in [0.1, 0.15) is 25.5 Å². The van der Waals surface area contributed by atoms with E-state index in [1.54, 1.807) is 0 Å². The van der Waals surface area contributed by atoms with Crippen LogP contribution in [0, 0.1) is 5.92 Å². The van der Waals surface area contributed by atoms with E-state index in [4.69, 9.17) is 0 Å². The van der Waals surface area contributed by atoms with E-state index in [0.717, 1.165) is 12.1 Å². The van der Waals surface area contributed by atoms with Crippen LogP contribution in [-0.4, -0.2) is 30.1 Å². The molecule has 0 bridgehead atoms. The Morgan fingerprint density at radius 3 is 2.27 bits per heavy atom. The fraction of sp³-hybridized carbons (Fsp3) is 0.538. The highest BCUT2D eigenvalue weighted by atomic mass is 16.3. The summed E-state index contributed by atoms with van der Waals surface area (Å²) in [5, 5.41) is 9.96. The van der Waals surface area contributed by atoms with Gasteiger partial charge in [-0.25, -0.2) is 0 Å². The molecule has 0 amide bonds. The summed E-state index contributed by atoms with van der Waals surface area (Å²) in [6, 6.07) is 9.82. The lowest BCUT2D eigenvalue weighted by atomic mass is 10.1. The summed E-state index contributed by atoms with van der Waals surface area (Å²) in [5.74, 6) is 0.637. The zero-order chi connectivity index (χ0) is 11.3. The second kappa shape index (κ2) is 5.89. The SMILES string of the molecule is CC(C)CN(C)C[C@@H](O)c1ccccc1. The molecule has 1 N–H and O–H groups in total. The monoisotopic (exact) mass is 207 g/mol. The van der Waals surface area contributed by atoms with Crippen LogP contribution in [0.4, 0.5) is 0 Å². The van der Waals surface area contributed by atoms with Crippen molar-refractivity contribution >= 4 is 0 Å². The van der Waals surface area contributed by atoms with Gasteiger partial charge in [0, 0.05) is 13.1 Å². The number of likely N-dealkylation sites (N-methyl/N-ethyl adjacent to an activating group) is 1. The Morgan fingerprint density at radius 1 is 1.13 bits per heavy atom. The van der Waals surface area contributed by atoms with Crippen molar-refractivity contribution in [1.29, 1.82) is 0 Å². The number of nitrogens with zero attached hydrogens (tertiary/aromatic N) is 1. The molecule has 84 valence electrons. The quantitative estimate of drug-likeness (QED) is 0.801. The lowest BCUT2D eigenvalue weighted by Crippen LogP contribution is -2.28. The molecule has 1 aromatic rings. The maximum absolute atomic E-state index is 9.96. The Labute approximate surface area is 92.5 Å². The highest BCUT2D eigenvalue weighted by Crippen LogP contribution is 2.13. The second-order valence-corrected chi connectivity index (χ2v) is 4.54. The largest absolute Gasteiger partial charge is 0.387 e.